The van der Waals surface area contributed by atoms with Crippen LogP contribution < -0.4 is 0 Å². The number of aliphatic hydroxyl groups excluding tert-OH is 1. The summed E-state index contributed by atoms with van der Waals surface area (Å²) in [7, 11) is 0. The fourth-order valence-corrected chi connectivity index (χ4v) is 1.32. The molecule has 1 aromatic rings. The molecule has 0 amide bonds. The van der Waals surface area contributed by atoms with Crippen LogP contribution >= 0.6 is 11.6 Å². The molecule has 0 bridgehead atoms. The molecule has 0 aliphatic rings. The van der Waals surface area contributed by atoms with Gasteiger partial charge in [0.1, 0.15) is 5.82 Å². The fourth-order valence-electron chi connectivity index (χ4n) is 1.14. The van der Waals surface area contributed by atoms with E-state index in [9.17, 15) is 4.39 Å². The van der Waals surface area contributed by atoms with Crippen LogP contribution in [0.15, 0.2) is 18.2 Å². The molecule has 0 spiro atoms. The van der Waals surface area contributed by atoms with Gasteiger partial charge in [0.05, 0.1) is 24.8 Å². The summed E-state index contributed by atoms with van der Waals surface area (Å²) in [6, 6.07) is 4.62. The first-order valence-electron chi connectivity index (χ1n) is 5.08. The fraction of sp³-hybridized carbons (Fsp3) is 0.500. The second kappa shape index (κ2) is 5.62. The van der Waals surface area contributed by atoms with Crippen LogP contribution in [0.3, 0.4) is 0 Å². The molecule has 0 saturated heterocycles. The van der Waals surface area contributed by atoms with Crippen LogP contribution in [0.25, 0.3) is 0 Å². The molecule has 0 aromatic heterocycles. The number of halogens is 2. The number of ether oxygens (including phenoxy) is 1. The van der Waals surface area contributed by atoms with E-state index >= 15 is 0 Å². The van der Waals surface area contributed by atoms with Crippen LogP contribution in [0, 0.1) is 11.2 Å². The Morgan fingerprint density at radius 3 is 2.75 bits per heavy atom. The average molecular weight is 247 g/mol. The predicted molar refractivity (Wildman–Crippen MR) is 61.9 cm³/mol. The molecular weight excluding hydrogens is 231 g/mol. The molecule has 0 aliphatic heterocycles. The number of rotatable bonds is 5. The van der Waals surface area contributed by atoms with Gasteiger partial charge in [-0.15, -0.1) is 0 Å². The van der Waals surface area contributed by atoms with Gasteiger partial charge < -0.3 is 9.84 Å². The van der Waals surface area contributed by atoms with Crippen LogP contribution in [0.1, 0.15) is 19.4 Å². The Kier molecular flexibility index (Phi) is 4.71. The molecule has 16 heavy (non-hydrogen) atoms. The number of aliphatic hydroxyl groups is 1. The zero-order chi connectivity index (χ0) is 12.2. The van der Waals surface area contributed by atoms with Crippen molar-refractivity contribution in [2.24, 2.45) is 5.41 Å². The van der Waals surface area contributed by atoms with Crippen LogP contribution in [-0.4, -0.2) is 18.3 Å². The summed E-state index contributed by atoms with van der Waals surface area (Å²) in [6.07, 6.45) is 0. The normalized spacial score (nSPS) is 11.8. The van der Waals surface area contributed by atoms with Gasteiger partial charge in [-0.05, 0) is 11.6 Å². The predicted octanol–water partition coefficient (Wildman–Crippen LogP) is 3.01. The third kappa shape index (κ3) is 3.74. The lowest BCUT2D eigenvalue weighted by molar-refractivity contribution is 0.0197. The highest BCUT2D eigenvalue weighted by atomic mass is 35.5. The average Bonchev–Trinajstić information content (AvgIpc) is 2.24. The van der Waals surface area contributed by atoms with Crippen molar-refractivity contribution in [1.29, 1.82) is 0 Å². The SMILES string of the molecule is CC(C)(CO)COCc1cccc(F)c1Cl. The molecule has 0 unspecified atom stereocenters. The van der Waals surface area contributed by atoms with E-state index in [0.717, 1.165) is 0 Å². The maximum absolute atomic E-state index is 13.1. The standard InChI is InChI=1S/C12H16ClFO2/c1-12(2,7-15)8-16-6-9-4-3-5-10(14)11(9)13/h3-5,15H,6-8H2,1-2H3. The molecule has 1 N–H and O–H groups in total. The first-order chi connectivity index (χ1) is 7.46. The Labute approximate surface area is 100.0 Å². The Morgan fingerprint density at radius 2 is 2.12 bits per heavy atom. The summed E-state index contributed by atoms with van der Waals surface area (Å²) in [5, 5.41) is 9.13. The van der Waals surface area contributed by atoms with E-state index in [1.54, 1.807) is 12.1 Å². The van der Waals surface area contributed by atoms with Gasteiger partial charge >= 0.3 is 0 Å². The molecule has 4 heteroatoms. The molecule has 2 nitrogen and oxygen atoms in total. The molecule has 90 valence electrons. The summed E-state index contributed by atoms with van der Waals surface area (Å²) >= 11 is 5.77. The number of hydrogen-bond donors (Lipinski definition) is 1. The Hall–Kier alpha value is -0.640. The van der Waals surface area contributed by atoms with Gasteiger partial charge in [0.2, 0.25) is 0 Å². The van der Waals surface area contributed by atoms with Gasteiger partial charge in [-0.2, -0.15) is 0 Å². The van der Waals surface area contributed by atoms with E-state index in [-0.39, 0.29) is 23.7 Å². The van der Waals surface area contributed by atoms with Crippen LogP contribution in [0.5, 0.6) is 0 Å². The van der Waals surface area contributed by atoms with Crippen molar-refractivity contribution in [3.8, 4) is 0 Å². The Bertz CT molecular complexity index is 353. The lowest BCUT2D eigenvalue weighted by atomic mass is 9.97. The van der Waals surface area contributed by atoms with E-state index in [4.69, 9.17) is 21.4 Å². The Morgan fingerprint density at radius 1 is 1.44 bits per heavy atom. The van der Waals surface area contributed by atoms with Crippen LogP contribution in [-0.2, 0) is 11.3 Å². The quantitative estimate of drug-likeness (QED) is 0.866. The Balaban J connectivity index is 2.53. The highest BCUT2D eigenvalue weighted by molar-refractivity contribution is 6.31. The van der Waals surface area contributed by atoms with Gasteiger partial charge in [-0.1, -0.05) is 37.6 Å². The molecule has 0 aliphatic carbocycles. The van der Waals surface area contributed by atoms with E-state index in [1.165, 1.54) is 6.07 Å². The van der Waals surface area contributed by atoms with Crippen molar-refractivity contribution < 1.29 is 14.2 Å². The molecule has 0 fully saturated rings. The zero-order valence-corrected chi connectivity index (χ0v) is 10.2. The number of benzene rings is 1. The van der Waals surface area contributed by atoms with Crippen molar-refractivity contribution in [2.75, 3.05) is 13.2 Å². The summed E-state index contributed by atoms with van der Waals surface area (Å²) in [6.45, 7) is 4.47. The molecular formula is C12H16ClFO2. The minimum absolute atomic E-state index is 0.0455. The first-order valence-corrected chi connectivity index (χ1v) is 5.45. The maximum Gasteiger partial charge on any atom is 0.142 e. The topological polar surface area (TPSA) is 29.5 Å². The molecule has 0 heterocycles. The van der Waals surface area contributed by atoms with Crippen molar-refractivity contribution >= 4 is 11.6 Å². The minimum atomic E-state index is -0.441. The lowest BCUT2D eigenvalue weighted by Crippen LogP contribution is -2.23. The van der Waals surface area contributed by atoms with E-state index in [0.29, 0.717) is 12.2 Å². The smallest absolute Gasteiger partial charge is 0.142 e. The van der Waals surface area contributed by atoms with Crippen molar-refractivity contribution in [3.05, 3.63) is 34.6 Å². The van der Waals surface area contributed by atoms with Gasteiger partial charge in [0.25, 0.3) is 0 Å². The molecule has 1 rings (SSSR count). The van der Waals surface area contributed by atoms with Gasteiger partial charge in [0.15, 0.2) is 0 Å². The van der Waals surface area contributed by atoms with E-state index in [2.05, 4.69) is 0 Å². The molecule has 0 atom stereocenters. The minimum Gasteiger partial charge on any atom is -0.396 e. The van der Waals surface area contributed by atoms with Crippen LogP contribution in [0.4, 0.5) is 4.39 Å². The second-order valence-electron chi connectivity index (χ2n) is 4.53. The largest absolute Gasteiger partial charge is 0.396 e. The van der Waals surface area contributed by atoms with Gasteiger partial charge in [-0.3, -0.25) is 0 Å². The van der Waals surface area contributed by atoms with E-state index in [1.807, 2.05) is 13.8 Å². The highest BCUT2D eigenvalue weighted by Crippen LogP contribution is 2.21. The van der Waals surface area contributed by atoms with Crippen molar-refractivity contribution in [2.45, 2.75) is 20.5 Å². The number of hydrogen-bond acceptors (Lipinski definition) is 2. The molecule has 0 radical (unpaired) electrons. The third-order valence-corrected chi connectivity index (χ3v) is 2.63. The zero-order valence-electron chi connectivity index (χ0n) is 9.46. The molecule has 0 saturated carbocycles. The monoisotopic (exact) mass is 246 g/mol. The van der Waals surface area contributed by atoms with Crippen molar-refractivity contribution in [1.82, 2.24) is 0 Å². The van der Waals surface area contributed by atoms with Crippen LogP contribution in [0.2, 0.25) is 5.02 Å². The summed E-state index contributed by atoms with van der Waals surface area (Å²) in [5.74, 6) is -0.441. The maximum atomic E-state index is 13.1. The first kappa shape index (κ1) is 13.4. The summed E-state index contributed by atoms with van der Waals surface area (Å²) in [5.41, 5.74) is 0.329. The molecule has 1 aromatic carbocycles. The van der Waals surface area contributed by atoms with Gasteiger partial charge in [0, 0.05) is 5.41 Å². The van der Waals surface area contributed by atoms with E-state index < -0.39 is 5.82 Å². The second-order valence-corrected chi connectivity index (χ2v) is 4.91. The van der Waals surface area contributed by atoms with Gasteiger partial charge in [-0.25, -0.2) is 4.39 Å². The summed E-state index contributed by atoms with van der Waals surface area (Å²) in [4.78, 5) is 0. The third-order valence-electron chi connectivity index (χ3n) is 2.21. The van der Waals surface area contributed by atoms with Crippen molar-refractivity contribution in [3.63, 3.8) is 0 Å². The summed E-state index contributed by atoms with van der Waals surface area (Å²) < 4.78 is 18.5. The highest BCUT2D eigenvalue weighted by Gasteiger charge is 2.17. The lowest BCUT2D eigenvalue weighted by Gasteiger charge is -2.21.